The highest BCUT2D eigenvalue weighted by molar-refractivity contribution is 7.90. The van der Waals surface area contributed by atoms with E-state index in [1.165, 1.54) is 30.1 Å². The first kappa shape index (κ1) is 22.1. The van der Waals surface area contributed by atoms with Crippen LogP contribution >= 0.6 is 0 Å². The van der Waals surface area contributed by atoms with Crippen molar-refractivity contribution in [3.63, 3.8) is 0 Å². The Morgan fingerprint density at radius 1 is 1.23 bits per heavy atom. The summed E-state index contributed by atoms with van der Waals surface area (Å²) in [4.78, 5) is 28.2. The highest BCUT2D eigenvalue weighted by Gasteiger charge is 2.51. The number of hydrogen-bond donors (Lipinski definition) is 1. The summed E-state index contributed by atoms with van der Waals surface area (Å²) in [5.74, 6) is -1.02. The molecule has 4 rings (SSSR count). The molecule has 3 amide bonds. The number of benzene rings is 1. The summed E-state index contributed by atoms with van der Waals surface area (Å²) < 4.78 is 54.6. The lowest BCUT2D eigenvalue weighted by Crippen LogP contribution is -2.62. The van der Waals surface area contributed by atoms with Crippen LogP contribution in [0.25, 0.3) is 0 Å². The second-order valence-corrected chi connectivity index (χ2v) is 11.1. The number of amides is 3. The van der Waals surface area contributed by atoms with Crippen LogP contribution in [0.2, 0.25) is 0 Å². The molecule has 170 valence electrons. The number of nitrogens with one attached hydrogen (secondary N) is 1. The van der Waals surface area contributed by atoms with E-state index in [9.17, 15) is 26.8 Å². The third-order valence-electron chi connectivity index (χ3n) is 6.73. The number of hydrogen-bond acceptors (Lipinski definition) is 4. The van der Waals surface area contributed by atoms with Gasteiger partial charge < -0.3 is 4.90 Å². The second-order valence-electron chi connectivity index (χ2n) is 9.17. The van der Waals surface area contributed by atoms with E-state index in [4.69, 9.17) is 0 Å². The zero-order valence-electron chi connectivity index (χ0n) is 17.6. The van der Waals surface area contributed by atoms with Crippen molar-refractivity contribution in [2.24, 2.45) is 5.92 Å². The van der Waals surface area contributed by atoms with Gasteiger partial charge in [0.15, 0.2) is 0 Å². The number of alkyl halides is 2. The second kappa shape index (κ2) is 7.81. The SMILES string of the molecule is CN1C(=O)C2CC(S(=O)(=O)NC3(C)CC3)CCC2N(Cc2cccc(C(F)F)c2)C1=O. The standard InChI is InChI=1S/C21H27F2N3O4S/c1-21(8-9-21)24-31(29,30)15-6-7-17-16(11-15)19(27)25(2)20(28)26(17)12-13-4-3-5-14(10-13)18(22)23/h3-5,10,15-18,24H,6-9,11-12H2,1-2H3. The lowest BCUT2D eigenvalue weighted by molar-refractivity contribution is -0.139. The molecule has 3 atom stereocenters. The lowest BCUT2D eigenvalue weighted by Gasteiger charge is -2.47. The van der Waals surface area contributed by atoms with E-state index in [0.29, 0.717) is 18.4 Å². The summed E-state index contributed by atoms with van der Waals surface area (Å²) in [5.41, 5.74) is 0.0314. The predicted molar refractivity (Wildman–Crippen MR) is 110 cm³/mol. The van der Waals surface area contributed by atoms with Crippen molar-refractivity contribution in [3.05, 3.63) is 35.4 Å². The first-order chi connectivity index (χ1) is 14.5. The number of carbonyl (C=O) groups is 2. The molecule has 3 aliphatic rings. The number of fused-ring (bicyclic) bond motifs is 1. The minimum Gasteiger partial charge on any atom is -0.316 e. The quantitative estimate of drug-likeness (QED) is 0.714. The van der Waals surface area contributed by atoms with Gasteiger partial charge in [0, 0.05) is 30.7 Å². The maximum Gasteiger partial charge on any atom is 0.327 e. The van der Waals surface area contributed by atoms with Crippen molar-refractivity contribution in [2.45, 2.75) is 68.8 Å². The molecule has 0 aromatic heterocycles. The molecule has 10 heteroatoms. The normalized spacial score (nSPS) is 28.1. The molecule has 0 bridgehead atoms. The van der Waals surface area contributed by atoms with Crippen molar-refractivity contribution in [1.82, 2.24) is 14.5 Å². The van der Waals surface area contributed by atoms with Gasteiger partial charge in [0.25, 0.3) is 6.43 Å². The monoisotopic (exact) mass is 455 g/mol. The third-order valence-corrected chi connectivity index (χ3v) is 8.81. The summed E-state index contributed by atoms with van der Waals surface area (Å²) in [5, 5.41) is -0.694. The molecule has 1 N–H and O–H groups in total. The fourth-order valence-corrected chi connectivity index (χ4v) is 6.60. The fraction of sp³-hybridized carbons (Fsp3) is 0.619. The first-order valence-electron chi connectivity index (χ1n) is 10.5. The summed E-state index contributed by atoms with van der Waals surface area (Å²) >= 11 is 0. The van der Waals surface area contributed by atoms with E-state index >= 15 is 0 Å². The molecule has 1 aromatic rings. The van der Waals surface area contributed by atoms with E-state index in [-0.39, 0.29) is 30.0 Å². The molecule has 7 nitrogen and oxygen atoms in total. The third kappa shape index (κ3) is 4.32. The zero-order valence-corrected chi connectivity index (χ0v) is 18.4. The van der Waals surface area contributed by atoms with Crippen molar-refractivity contribution in [1.29, 1.82) is 0 Å². The van der Waals surface area contributed by atoms with E-state index in [1.54, 1.807) is 6.07 Å². The number of imide groups is 1. The number of urea groups is 1. The van der Waals surface area contributed by atoms with E-state index in [0.717, 1.165) is 17.7 Å². The molecule has 31 heavy (non-hydrogen) atoms. The van der Waals surface area contributed by atoms with Crippen LogP contribution in [0.15, 0.2) is 24.3 Å². The van der Waals surface area contributed by atoms with E-state index in [1.807, 2.05) is 6.92 Å². The molecule has 2 saturated carbocycles. The Kier molecular flexibility index (Phi) is 5.58. The Morgan fingerprint density at radius 3 is 2.58 bits per heavy atom. The largest absolute Gasteiger partial charge is 0.327 e. The van der Waals surface area contributed by atoms with Crippen LogP contribution in [0.3, 0.4) is 0 Å². The Balaban J connectivity index is 1.55. The van der Waals surface area contributed by atoms with Gasteiger partial charge in [-0.05, 0) is 50.7 Å². The molecule has 0 radical (unpaired) electrons. The molecule has 2 aliphatic carbocycles. The van der Waals surface area contributed by atoms with Crippen LogP contribution in [-0.4, -0.2) is 54.0 Å². The van der Waals surface area contributed by atoms with Gasteiger partial charge in [-0.25, -0.2) is 26.7 Å². The van der Waals surface area contributed by atoms with Crippen molar-refractivity contribution in [3.8, 4) is 0 Å². The Labute approximate surface area is 180 Å². The topological polar surface area (TPSA) is 86.8 Å². The number of halogens is 2. The van der Waals surface area contributed by atoms with Gasteiger partial charge in [0.05, 0.1) is 11.2 Å². The van der Waals surface area contributed by atoms with Crippen LogP contribution in [0.1, 0.15) is 56.6 Å². The molecule has 1 aliphatic heterocycles. The minimum absolute atomic E-state index is 0.0892. The lowest BCUT2D eigenvalue weighted by atomic mass is 9.80. The molecule has 1 heterocycles. The van der Waals surface area contributed by atoms with Crippen molar-refractivity contribution < 1.29 is 26.8 Å². The van der Waals surface area contributed by atoms with E-state index < -0.39 is 39.7 Å². The Morgan fingerprint density at radius 2 is 1.94 bits per heavy atom. The summed E-state index contributed by atoms with van der Waals surface area (Å²) in [6.45, 7) is 1.95. The molecular weight excluding hydrogens is 428 g/mol. The Bertz CT molecular complexity index is 996. The average Bonchev–Trinajstić information content (AvgIpc) is 3.45. The number of sulfonamides is 1. The average molecular weight is 456 g/mol. The molecule has 3 fully saturated rings. The van der Waals surface area contributed by atoms with Gasteiger partial charge in [0.1, 0.15) is 0 Å². The fourth-order valence-electron chi connectivity index (χ4n) is 4.64. The highest BCUT2D eigenvalue weighted by atomic mass is 32.2. The molecule has 3 unspecified atom stereocenters. The smallest absolute Gasteiger partial charge is 0.316 e. The number of carbonyl (C=O) groups excluding carboxylic acids is 2. The molecule has 0 spiro atoms. The Hall–Kier alpha value is -2.07. The zero-order chi connectivity index (χ0) is 22.6. The van der Waals surface area contributed by atoms with Crippen molar-refractivity contribution >= 4 is 22.0 Å². The first-order valence-corrected chi connectivity index (χ1v) is 12.0. The summed E-state index contributed by atoms with van der Waals surface area (Å²) in [6.07, 6.45) is -0.174. The van der Waals surface area contributed by atoms with Crippen LogP contribution < -0.4 is 4.72 Å². The van der Waals surface area contributed by atoms with E-state index in [2.05, 4.69) is 4.72 Å². The minimum atomic E-state index is -3.58. The van der Waals surface area contributed by atoms with Gasteiger partial charge in [-0.3, -0.25) is 9.69 Å². The van der Waals surface area contributed by atoms with Crippen molar-refractivity contribution in [2.75, 3.05) is 7.05 Å². The highest BCUT2D eigenvalue weighted by Crippen LogP contribution is 2.40. The molecule has 1 saturated heterocycles. The van der Waals surface area contributed by atoms with Crippen LogP contribution in [0.4, 0.5) is 13.6 Å². The van der Waals surface area contributed by atoms with Gasteiger partial charge >= 0.3 is 6.03 Å². The molecule has 1 aromatic carbocycles. The number of nitrogens with zero attached hydrogens (tertiary/aromatic N) is 2. The van der Waals surface area contributed by atoms with Crippen LogP contribution in [-0.2, 0) is 21.4 Å². The van der Waals surface area contributed by atoms with Crippen LogP contribution in [0, 0.1) is 5.92 Å². The number of rotatable bonds is 6. The predicted octanol–water partition coefficient (Wildman–Crippen LogP) is 3.03. The maximum absolute atomic E-state index is 13.1. The summed E-state index contributed by atoms with van der Waals surface area (Å²) in [6, 6.07) is 4.94. The van der Waals surface area contributed by atoms with Gasteiger partial charge in [-0.1, -0.05) is 18.2 Å². The van der Waals surface area contributed by atoms with Gasteiger partial charge in [-0.2, -0.15) is 0 Å². The maximum atomic E-state index is 13.1. The summed E-state index contributed by atoms with van der Waals surface area (Å²) in [7, 11) is -2.20. The van der Waals surface area contributed by atoms with Crippen LogP contribution in [0.5, 0.6) is 0 Å². The van der Waals surface area contributed by atoms with Gasteiger partial charge in [-0.15, -0.1) is 0 Å². The van der Waals surface area contributed by atoms with Gasteiger partial charge in [0.2, 0.25) is 15.9 Å². The molecular formula is C21H27F2N3O4S.